The van der Waals surface area contributed by atoms with Crippen molar-refractivity contribution in [2.24, 2.45) is 0 Å². The molecule has 0 aromatic carbocycles. The van der Waals surface area contributed by atoms with Crippen LogP contribution in [0.5, 0.6) is 0 Å². The minimum absolute atomic E-state index is 0.595. The summed E-state index contributed by atoms with van der Waals surface area (Å²) in [5.41, 5.74) is 0. The molecule has 0 spiro atoms. The van der Waals surface area contributed by atoms with Gasteiger partial charge in [0.25, 0.3) is 0 Å². The second kappa shape index (κ2) is 1.22. The second-order valence-corrected chi connectivity index (χ2v) is 5.06. The normalized spacial score (nSPS) is 60.8. The molecule has 2 rings (SSSR count). The van der Waals surface area contributed by atoms with Gasteiger partial charge in [-0.25, -0.2) is 0 Å². The summed E-state index contributed by atoms with van der Waals surface area (Å²) in [4.78, 5) is 0. The molecule has 0 aliphatic carbocycles. The van der Waals surface area contributed by atoms with Gasteiger partial charge in [-0.15, -0.1) is 0 Å². The van der Waals surface area contributed by atoms with Gasteiger partial charge < -0.3 is 0 Å². The van der Waals surface area contributed by atoms with Gasteiger partial charge in [-0.2, -0.15) is 0 Å². The van der Waals surface area contributed by atoms with Crippen LogP contribution in [-0.4, -0.2) is 34.8 Å². The Bertz CT molecular complexity index is 116. The van der Waals surface area contributed by atoms with Crippen LogP contribution in [-0.2, 0) is 0 Å². The third-order valence-corrected chi connectivity index (χ3v) is 4.20. The van der Waals surface area contributed by atoms with E-state index in [2.05, 4.69) is 35.0 Å². The molecule has 0 bridgehead atoms. The lowest BCUT2D eigenvalue weighted by Gasteiger charge is -2.06. The van der Waals surface area contributed by atoms with Gasteiger partial charge in [-0.3, -0.25) is 9.80 Å². The zero-order valence-electron chi connectivity index (χ0n) is 4.95. The molecule has 3 heteroatoms. The van der Waals surface area contributed by atoms with Gasteiger partial charge in [0.2, 0.25) is 3.55 Å². The van der Waals surface area contributed by atoms with Crippen LogP contribution in [0, 0.1) is 0 Å². The molecule has 2 aliphatic heterocycles. The monoisotopic (exact) mass is 225 g/mol. The first-order chi connectivity index (χ1) is 3.66. The molecule has 0 aromatic heterocycles. The maximum absolute atomic E-state index is 3.37. The number of hydrogen-bond acceptors (Lipinski definition) is 1. The number of hydrogen-bond donors (Lipinski definition) is 1. The van der Waals surface area contributed by atoms with Crippen molar-refractivity contribution in [2.75, 3.05) is 26.8 Å². The molecule has 2 fully saturated rings. The van der Waals surface area contributed by atoms with Crippen molar-refractivity contribution in [3.05, 3.63) is 0 Å². The van der Waals surface area contributed by atoms with Crippen molar-refractivity contribution >= 4 is 22.6 Å². The summed E-state index contributed by atoms with van der Waals surface area (Å²) in [6.07, 6.45) is 0. The van der Waals surface area contributed by atoms with Crippen molar-refractivity contribution in [3.63, 3.8) is 0 Å². The molecule has 0 saturated carbocycles. The quantitative estimate of drug-likeness (QED) is 0.203. The first-order valence-corrected chi connectivity index (χ1v) is 3.99. The molecule has 2 unspecified atom stereocenters. The molecular formula is C5H10IN2+. The van der Waals surface area contributed by atoms with Crippen LogP contribution < -0.4 is 5.32 Å². The summed E-state index contributed by atoms with van der Waals surface area (Å²) in [7, 11) is 2.31. The first-order valence-electron chi connectivity index (χ1n) is 2.91. The Kier molecular flexibility index (Phi) is 0.829. The zero-order valence-corrected chi connectivity index (χ0v) is 7.10. The molecule has 2 atom stereocenters. The van der Waals surface area contributed by atoms with Crippen molar-refractivity contribution in [1.82, 2.24) is 5.32 Å². The van der Waals surface area contributed by atoms with Crippen molar-refractivity contribution < 1.29 is 4.48 Å². The average Bonchev–Trinajstić information content (AvgIpc) is 2.00. The van der Waals surface area contributed by atoms with Crippen LogP contribution in [0.3, 0.4) is 0 Å². The summed E-state index contributed by atoms with van der Waals surface area (Å²) < 4.78 is 1.85. The fourth-order valence-electron chi connectivity index (χ4n) is 1.44. The Labute approximate surface area is 63.0 Å². The van der Waals surface area contributed by atoms with E-state index >= 15 is 0 Å². The predicted molar refractivity (Wildman–Crippen MR) is 40.7 cm³/mol. The molecule has 1 N–H and O–H groups in total. The van der Waals surface area contributed by atoms with E-state index in [-0.39, 0.29) is 0 Å². The number of nitrogens with one attached hydrogen (secondary N) is 1. The van der Waals surface area contributed by atoms with Gasteiger partial charge in [0, 0.05) is 0 Å². The lowest BCUT2D eigenvalue weighted by molar-refractivity contribution is -0.784. The molecule has 0 radical (unpaired) electrons. The molecule has 46 valence electrons. The highest BCUT2D eigenvalue weighted by atomic mass is 127. The molecule has 2 aliphatic rings. The minimum Gasteiger partial charge on any atom is -0.289 e. The Hall–Kier alpha value is 0.650. The molecule has 2 heterocycles. The zero-order chi connectivity index (χ0) is 5.83. The topological polar surface area (TPSA) is 12.0 Å². The van der Waals surface area contributed by atoms with E-state index in [0.717, 1.165) is 0 Å². The highest BCUT2D eigenvalue weighted by molar-refractivity contribution is 14.1. The van der Waals surface area contributed by atoms with Crippen LogP contribution in [0.1, 0.15) is 0 Å². The Morgan fingerprint density at radius 1 is 1.75 bits per heavy atom. The number of rotatable bonds is 0. The second-order valence-electron chi connectivity index (χ2n) is 3.06. The molecular weight excluding hydrogens is 215 g/mol. The minimum atomic E-state index is 0.595. The summed E-state index contributed by atoms with van der Waals surface area (Å²) in [5, 5.41) is 3.37. The third-order valence-electron chi connectivity index (χ3n) is 2.31. The number of alkyl halides is 1. The maximum Gasteiger partial charge on any atom is 0.212 e. The van der Waals surface area contributed by atoms with E-state index in [4.69, 9.17) is 0 Å². The van der Waals surface area contributed by atoms with Crippen molar-refractivity contribution in [3.8, 4) is 0 Å². The van der Waals surface area contributed by atoms with Crippen LogP contribution in [0.25, 0.3) is 0 Å². The molecule has 8 heavy (non-hydrogen) atoms. The average molecular weight is 225 g/mol. The fraction of sp³-hybridized carbons (Fsp3) is 1.00. The van der Waals surface area contributed by atoms with E-state index in [0.29, 0.717) is 3.55 Å². The van der Waals surface area contributed by atoms with Gasteiger partial charge >= 0.3 is 0 Å². The highest BCUT2D eigenvalue weighted by Crippen LogP contribution is 2.48. The number of likely N-dealkylation sites (N-methyl/N-ethyl adjacent to an activating group) is 1. The summed E-state index contributed by atoms with van der Waals surface area (Å²) in [5.74, 6) is 0. The maximum atomic E-state index is 3.37. The van der Waals surface area contributed by atoms with E-state index in [9.17, 15) is 0 Å². The Morgan fingerprint density at radius 3 is 2.62 bits per heavy atom. The largest absolute Gasteiger partial charge is 0.289 e. The van der Waals surface area contributed by atoms with Crippen LogP contribution in [0.15, 0.2) is 0 Å². The molecule has 2 saturated heterocycles. The number of quaternary nitrogens is 1. The van der Waals surface area contributed by atoms with Gasteiger partial charge in [0.15, 0.2) is 0 Å². The third kappa shape index (κ3) is 0.453. The standard InChI is InChI=1S/C5H10IN2/c1-8-3-5(8,6)2-7-4-8/h7H,2-4H2,1H3/q+1. The smallest absolute Gasteiger partial charge is 0.212 e. The summed E-state index contributed by atoms with van der Waals surface area (Å²) in [6.45, 7) is 3.77. The van der Waals surface area contributed by atoms with E-state index in [1.807, 2.05) is 0 Å². The fourth-order valence-corrected chi connectivity index (χ4v) is 2.63. The SMILES string of the molecule is C[N+]12CNCC1(I)C2. The Morgan fingerprint density at radius 2 is 2.50 bits per heavy atom. The number of halogens is 1. The van der Waals surface area contributed by atoms with Crippen LogP contribution in [0.2, 0.25) is 0 Å². The van der Waals surface area contributed by atoms with Gasteiger partial charge in [-0.1, -0.05) is 0 Å². The Balaban J connectivity index is 2.26. The predicted octanol–water partition coefficient (Wildman–Crippen LogP) is 0.139. The van der Waals surface area contributed by atoms with Crippen LogP contribution in [0.4, 0.5) is 0 Å². The summed E-state index contributed by atoms with van der Waals surface area (Å²) >= 11 is 2.57. The molecule has 0 aromatic rings. The summed E-state index contributed by atoms with van der Waals surface area (Å²) in [6, 6.07) is 0. The highest BCUT2D eigenvalue weighted by Gasteiger charge is 2.68. The van der Waals surface area contributed by atoms with Gasteiger partial charge in [-0.05, 0) is 22.6 Å². The van der Waals surface area contributed by atoms with Crippen molar-refractivity contribution in [2.45, 2.75) is 3.55 Å². The van der Waals surface area contributed by atoms with Gasteiger partial charge in [0.05, 0.1) is 13.6 Å². The molecule has 2 nitrogen and oxygen atoms in total. The van der Waals surface area contributed by atoms with E-state index < -0.39 is 0 Å². The first kappa shape index (κ1) is 5.44. The molecule has 0 amide bonds. The van der Waals surface area contributed by atoms with Crippen molar-refractivity contribution in [1.29, 1.82) is 0 Å². The number of nitrogens with zero attached hydrogens (tertiary/aromatic N) is 1. The van der Waals surface area contributed by atoms with Gasteiger partial charge in [0.1, 0.15) is 13.2 Å². The lowest BCUT2D eigenvalue weighted by atomic mass is 10.5. The van der Waals surface area contributed by atoms with E-state index in [1.54, 1.807) is 0 Å². The van der Waals surface area contributed by atoms with Crippen LogP contribution >= 0.6 is 22.6 Å². The lowest BCUT2D eigenvalue weighted by Crippen LogP contribution is -2.25. The van der Waals surface area contributed by atoms with E-state index in [1.165, 1.54) is 24.2 Å². The number of fused-ring (bicyclic) bond motifs is 1.